The summed E-state index contributed by atoms with van der Waals surface area (Å²) >= 11 is 0. The van der Waals surface area contributed by atoms with Crippen LogP contribution in [0.4, 0.5) is 0 Å². The molecule has 0 fully saturated rings. The number of aliphatic carboxylic acids is 2. The van der Waals surface area contributed by atoms with Crippen molar-refractivity contribution < 1.29 is 19.8 Å². The number of carboxylic acid groups (broad SMARTS) is 2. The monoisotopic (exact) mass is 186 g/mol. The molecule has 0 aliphatic carbocycles. The highest BCUT2D eigenvalue weighted by Crippen LogP contribution is 2.01. The van der Waals surface area contributed by atoms with Crippen LogP contribution in [0.25, 0.3) is 0 Å². The van der Waals surface area contributed by atoms with Gasteiger partial charge in [0.25, 0.3) is 0 Å². The lowest BCUT2D eigenvalue weighted by molar-refractivity contribution is -0.306. The first-order valence-electron chi connectivity index (χ1n) is 3.93. The normalized spacial score (nSPS) is 8.54. The van der Waals surface area contributed by atoms with E-state index < -0.39 is 11.9 Å². The highest BCUT2D eigenvalue weighted by atomic mass is 16.4. The molecular weight excluding hydrogens is 172 g/mol. The largest absolute Gasteiger partial charge is 0.550 e. The molecule has 0 saturated carbocycles. The predicted molar refractivity (Wildman–Crippen MR) is 44.3 cm³/mol. The van der Waals surface area contributed by atoms with Gasteiger partial charge in [0.15, 0.2) is 0 Å². The summed E-state index contributed by atoms with van der Waals surface area (Å²) in [6, 6.07) is 0. The highest BCUT2D eigenvalue weighted by Gasteiger charge is 1.91. The van der Waals surface area contributed by atoms with Gasteiger partial charge in [0.05, 0.1) is 5.97 Å². The van der Waals surface area contributed by atoms with Crippen LogP contribution < -0.4 is 10.2 Å². The van der Waals surface area contributed by atoms with E-state index in [1.165, 1.54) is 0 Å². The molecule has 0 bridgehead atoms. The molecule has 0 N–H and O–H groups in total. The van der Waals surface area contributed by atoms with Crippen molar-refractivity contribution in [2.45, 2.75) is 26.7 Å². The molecule has 0 radical (unpaired) electrons. The predicted octanol–water partition coefficient (Wildman–Crippen LogP) is -0.905. The standard InChI is InChI=1S/C6H12O2.C3H4O2/c1-5(2)3-4-6(7)8;1-2-3(4)5/h5H,3-4H2,1-2H3,(H,7,8);2H,1H2,(H,4,5)/p-2. The molecule has 0 aromatic rings. The van der Waals surface area contributed by atoms with Gasteiger partial charge in [0.2, 0.25) is 0 Å². The molecule has 0 heterocycles. The molecule has 4 heteroatoms. The topological polar surface area (TPSA) is 80.3 Å². The van der Waals surface area contributed by atoms with Crippen molar-refractivity contribution in [1.29, 1.82) is 0 Å². The van der Waals surface area contributed by atoms with Crippen LogP contribution >= 0.6 is 0 Å². The van der Waals surface area contributed by atoms with Crippen LogP contribution in [-0.2, 0) is 9.59 Å². The van der Waals surface area contributed by atoms with E-state index >= 15 is 0 Å². The average Bonchev–Trinajstić information content (AvgIpc) is 2.02. The summed E-state index contributed by atoms with van der Waals surface area (Å²) in [4.78, 5) is 18.9. The molecule has 0 saturated heterocycles. The van der Waals surface area contributed by atoms with Crippen molar-refractivity contribution in [1.82, 2.24) is 0 Å². The third kappa shape index (κ3) is 24.9. The van der Waals surface area contributed by atoms with Crippen molar-refractivity contribution >= 4 is 11.9 Å². The van der Waals surface area contributed by atoms with Crippen LogP contribution in [0.3, 0.4) is 0 Å². The third-order valence-corrected chi connectivity index (χ3v) is 1.09. The fourth-order valence-corrected chi connectivity index (χ4v) is 0.407. The first-order chi connectivity index (χ1) is 5.90. The highest BCUT2D eigenvalue weighted by molar-refractivity contribution is 5.76. The number of hydrogen-bond acceptors (Lipinski definition) is 4. The Labute approximate surface area is 77.9 Å². The number of carboxylic acids is 2. The molecule has 0 aliphatic rings. The van der Waals surface area contributed by atoms with E-state index in [0.29, 0.717) is 5.92 Å². The number of carbonyl (C=O) groups excluding carboxylic acids is 2. The summed E-state index contributed by atoms with van der Waals surface area (Å²) in [5.41, 5.74) is 0. The Morgan fingerprint density at radius 3 is 1.85 bits per heavy atom. The fourth-order valence-electron chi connectivity index (χ4n) is 0.407. The maximum Gasteiger partial charge on any atom is 0.0636 e. The van der Waals surface area contributed by atoms with Crippen molar-refractivity contribution in [2.24, 2.45) is 5.92 Å². The summed E-state index contributed by atoms with van der Waals surface area (Å²) in [5.74, 6) is -1.71. The van der Waals surface area contributed by atoms with Gasteiger partial charge in [0, 0.05) is 5.97 Å². The van der Waals surface area contributed by atoms with Crippen LogP contribution in [0.15, 0.2) is 12.7 Å². The summed E-state index contributed by atoms with van der Waals surface area (Å²) in [5, 5.41) is 18.9. The van der Waals surface area contributed by atoms with Crippen molar-refractivity contribution in [3.8, 4) is 0 Å². The Bertz CT molecular complexity index is 172. The first kappa shape index (κ1) is 14.2. The molecule has 76 valence electrons. The van der Waals surface area contributed by atoms with Crippen LogP contribution in [0.2, 0.25) is 0 Å². The van der Waals surface area contributed by atoms with Crippen LogP contribution in [0.1, 0.15) is 26.7 Å². The number of hydrogen-bond donors (Lipinski definition) is 0. The molecule has 0 atom stereocenters. The van der Waals surface area contributed by atoms with Gasteiger partial charge in [-0.05, 0) is 24.8 Å². The number of rotatable bonds is 4. The minimum absolute atomic E-state index is 0.192. The van der Waals surface area contributed by atoms with Gasteiger partial charge in [-0.1, -0.05) is 20.4 Å². The molecule has 0 amide bonds. The molecule has 0 spiro atoms. The van der Waals surface area contributed by atoms with E-state index in [1.54, 1.807) is 0 Å². The molecule has 0 aromatic heterocycles. The minimum Gasteiger partial charge on any atom is -0.550 e. The molecule has 0 aromatic carbocycles. The average molecular weight is 186 g/mol. The van der Waals surface area contributed by atoms with E-state index in [9.17, 15) is 9.90 Å². The Balaban J connectivity index is 0. The van der Waals surface area contributed by atoms with E-state index in [-0.39, 0.29) is 6.42 Å². The second-order valence-electron chi connectivity index (χ2n) is 2.83. The second kappa shape index (κ2) is 8.77. The van der Waals surface area contributed by atoms with Crippen molar-refractivity contribution in [2.75, 3.05) is 0 Å². The molecule has 0 unspecified atom stereocenters. The first-order valence-corrected chi connectivity index (χ1v) is 3.93. The fraction of sp³-hybridized carbons (Fsp3) is 0.556. The van der Waals surface area contributed by atoms with Gasteiger partial charge in [-0.15, -0.1) is 0 Å². The minimum atomic E-state index is -1.23. The zero-order chi connectivity index (χ0) is 10.9. The van der Waals surface area contributed by atoms with Gasteiger partial charge in [-0.3, -0.25) is 0 Å². The van der Waals surface area contributed by atoms with Gasteiger partial charge in [0.1, 0.15) is 0 Å². The summed E-state index contributed by atoms with van der Waals surface area (Å²) in [6.45, 7) is 6.88. The lowest BCUT2D eigenvalue weighted by Gasteiger charge is -2.03. The summed E-state index contributed by atoms with van der Waals surface area (Å²) in [7, 11) is 0. The Morgan fingerprint density at radius 1 is 1.38 bits per heavy atom. The quantitative estimate of drug-likeness (QED) is 0.532. The Morgan fingerprint density at radius 2 is 1.77 bits per heavy atom. The van der Waals surface area contributed by atoms with Gasteiger partial charge < -0.3 is 19.8 Å². The van der Waals surface area contributed by atoms with E-state index in [2.05, 4.69) is 6.58 Å². The van der Waals surface area contributed by atoms with E-state index in [0.717, 1.165) is 12.5 Å². The zero-order valence-electron chi connectivity index (χ0n) is 7.91. The van der Waals surface area contributed by atoms with E-state index in [1.807, 2.05) is 13.8 Å². The van der Waals surface area contributed by atoms with Gasteiger partial charge >= 0.3 is 0 Å². The summed E-state index contributed by atoms with van der Waals surface area (Å²) in [6.07, 6.45) is 1.64. The second-order valence-corrected chi connectivity index (χ2v) is 2.83. The van der Waals surface area contributed by atoms with Crippen LogP contribution in [-0.4, -0.2) is 11.9 Å². The van der Waals surface area contributed by atoms with Crippen molar-refractivity contribution in [3.63, 3.8) is 0 Å². The molecule has 13 heavy (non-hydrogen) atoms. The SMILES string of the molecule is C=CC(=O)[O-].CC(C)CCC(=O)[O-]. The van der Waals surface area contributed by atoms with Crippen molar-refractivity contribution in [3.05, 3.63) is 12.7 Å². The maximum atomic E-state index is 9.79. The Hall–Kier alpha value is -1.32. The Kier molecular flexibility index (Phi) is 9.60. The van der Waals surface area contributed by atoms with Gasteiger partial charge in [-0.2, -0.15) is 0 Å². The molecule has 0 aliphatic heterocycles. The maximum absolute atomic E-state index is 9.79. The lowest BCUT2D eigenvalue weighted by Crippen LogP contribution is -2.22. The molecule has 4 nitrogen and oxygen atoms in total. The summed E-state index contributed by atoms with van der Waals surface area (Å²) < 4.78 is 0. The smallest absolute Gasteiger partial charge is 0.0636 e. The van der Waals surface area contributed by atoms with Crippen LogP contribution in [0.5, 0.6) is 0 Å². The lowest BCUT2D eigenvalue weighted by atomic mass is 10.1. The molecular formula is C9H14O4-2. The molecule has 0 rings (SSSR count). The zero-order valence-corrected chi connectivity index (χ0v) is 7.91. The van der Waals surface area contributed by atoms with Gasteiger partial charge in [-0.25, -0.2) is 0 Å². The third-order valence-electron chi connectivity index (χ3n) is 1.09. The van der Waals surface area contributed by atoms with Crippen LogP contribution in [0, 0.1) is 5.92 Å². The van der Waals surface area contributed by atoms with E-state index in [4.69, 9.17) is 9.90 Å². The number of carbonyl (C=O) groups is 2.